The second-order valence-electron chi connectivity index (χ2n) is 3.79. The largest absolute Gasteiger partial charge is 0.345 e. The van der Waals surface area contributed by atoms with Gasteiger partial charge in [0.05, 0.1) is 12.5 Å². The molecule has 0 spiro atoms. The zero-order valence-electron chi connectivity index (χ0n) is 8.62. The summed E-state index contributed by atoms with van der Waals surface area (Å²) in [6, 6.07) is 2.04. The fraction of sp³-hybridized carbons (Fsp3) is 0.800. The summed E-state index contributed by atoms with van der Waals surface area (Å²) in [6.07, 6.45) is 2.14. The third-order valence-electron chi connectivity index (χ3n) is 2.61. The first kappa shape index (κ1) is 11.0. The second-order valence-corrected chi connectivity index (χ2v) is 3.79. The third kappa shape index (κ3) is 3.35. The van der Waals surface area contributed by atoms with Gasteiger partial charge in [-0.2, -0.15) is 5.26 Å². The maximum absolute atomic E-state index is 11.6. The van der Waals surface area contributed by atoms with E-state index in [0.29, 0.717) is 25.3 Å². The predicted octanol–water partition coefficient (Wildman–Crippen LogP) is 0.358. The molecule has 1 unspecified atom stereocenters. The Balaban J connectivity index is 2.22. The van der Waals surface area contributed by atoms with Crippen LogP contribution in [0, 0.1) is 17.2 Å². The second kappa shape index (κ2) is 5.61. The summed E-state index contributed by atoms with van der Waals surface area (Å²) in [5.74, 6) is 0.654. The molecule has 1 rings (SSSR count). The van der Waals surface area contributed by atoms with Crippen molar-refractivity contribution >= 4 is 5.91 Å². The molecule has 4 heteroatoms. The van der Waals surface area contributed by atoms with Gasteiger partial charge in [0.25, 0.3) is 0 Å². The highest BCUT2D eigenvalue weighted by Gasteiger charge is 2.19. The molecule has 1 fully saturated rings. The van der Waals surface area contributed by atoms with E-state index >= 15 is 0 Å². The quantitative estimate of drug-likeness (QED) is 0.704. The van der Waals surface area contributed by atoms with E-state index in [-0.39, 0.29) is 5.91 Å². The van der Waals surface area contributed by atoms with Crippen LogP contribution in [0.3, 0.4) is 0 Å². The van der Waals surface area contributed by atoms with E-state index in [0.717, 1.165) is 19.5 Å². The number of amides is 1. The number of nitrogens with zero attached hydrogens (tertiary/aromatic N) is 2. The standard InChI is InChI=1S/C10H17N3O/c1-13(6-2-4-11)10(14)7-9-3-5-12-8-9/h9,12H,2-3,5-8H2,1H3. The van der Waals surface area contributed by atoms with Gasteiger partial charge in [0, 0.05) is 20.0 Å². The molecule has 1 aliphatic rings. The van der Waals surface area contributed by atoms with Crippen LogP contribution in [0.1, 0.15) is 19.3 Å². The summed E-state index contributed by atoms with van der Waals surface area (Å²) >= 11 is 0. The minimum Gasteiger partial charge on any atom is -0.345 e. The summed E-state index contributed by atoms with van der Waals surface area (Å²) in [6.45, 7) is 2.53. The Morgan fingerprint density at radius 3 is 3.07 bits per heavy atom. The predicted molar refractivity (Wildman–Crippen MR) is 53.5 cm³/mol. The molecule has 1 N–H and O–H groups in total. The highest BCUT2D eigenvalue weighted by atomic mass is 16.2. The van der Waals surface area contributed by atoms with Gasteiger partial charge in [0.2, 0.25) is 5.91 Å². The number of rotatable bonds is 4. The van der Waals surface area contributed by atoms with Gasteiger partial charge in [0.15, 0.2) is 0 Å². The van der Waals surface area contributed by atoms with Crippen molar-refractivity contribution in [2.45, 2.75) is 19.3 Å². The first-order chi connectivity index (χ1) is 6.74. The van der Waals surface area contributed by atoms with Crippen molar-refractivity contribution in [2.24, 2.45) is 5.92 Å². The Bertz CT molecular complexity index is 228. The normalized spacial score (nSPS) is 20.4. The summed E-state index contributed by atoms with van der Waals surface area (Å²) in [7, 11) is 1.77. The number of carbonyl (C=O) groups excluding carboxylic acids is 1. The van der Waals surface area contributed by atoms with Crippen molar-refractivity contribution in [1.29, 1.82) is 5.26 Å². The van der Waals surface area contributed by atoms with Crippen LogP contribution in [0.25, 0.3) is 0 Å². The number of hydrogen-bond acceptors (Lipinski definition) is 3. The van der Waals surface area contributed by atoms with Crippen LogP contribution in [-0.4, -0.2) is 37.5 Å². The van der Waals surface area contributed by atoms with Gasteiger partial charge >= 0.3 is 0 Å². The van der Waals surface area contributed by atoms with E-state index in [1.54, 1.807) is 11.9 Å². The van der Waals surface area contributed by atoms with E-state index in [1.807, 2.05) is 6.07 Å². The van der Waals surface area contributed by atoms with Gasteiger partial charge in [-0.15, -0.1) is 0 Å². The van der Waals surface area contributed by atoms with Crippen molar-refractivity contribution in [1.82, 2.24) is 10.2 Å². The minimum atomic E-state index is 0.161. The Morgan fingerprint density at radius 2 is 2.50 bits per heavy atom. The monoisotopic (exact) mass is 195 g/mol. The van der Waals surface area contributed by atoms with Crippen molar-refractivity contribution in [2.75, 3.05) is 26.7 Å². The number of carbonyl (C=O) groups is 1. The van der Waals surface area contributed by atoms with Gasteiger partial charge in [-0.05, 0) is 25.4 Å². The molecule has 0 aromatic rings. The van der Waals surface area contributed by atoms with Crippen molar-refractivity contribution in [3.63, 3.8) is 0 Å². The van der Waals surface area contributed by atoms with E-state index in [4.69, 9.17) is 5.26 Å². The van der Waals surface area contributed by atoms with E-state index < -0.39 is 0 Å². The lowest BCUT2D eigenvalue weighted by Crippen LogP contribution is -2.29. The van der Waals surface area contributed by atoms with Gasteiger partial charge in [-0.25, -0.2) is 0 Å². The molecule has 1 amide bonds. The van der Waals surface area contributed by atoms with Crippen molar-refractivity contribution < 1.29 is 4.79 Å². The first-order valence-electron chi connectivity index (χ1n) is 5.05. The molecule has 0 aromatic carbocycles. The van der Waals surface area contributed by atoms with Gasteiger partial charge < -0.3 is 10.2 Å². The Kier molecular flexibility index (Phi) is 4.41. The van der Waals surface area contributed by atoms with E-state index in [9.17, 15) is 4.79 Å². The summed E-state index contributed by atoms with van der Waals surface area (Å²) in [4.78, 5) is 13.2. The lowest BCUT2D eigenvalue weighted by Gasteiger charge is -2.17. The van der Waals surface area contributed by atoms with Gasteiger partial charge in [0.1, 0.15) is 0 Å². The van der Waals surface area contributed by atoms with Gasteiger partial charge in [-0.3, -0.25) is 4.79 Å². The lowest BCUT2D eigenvalue weighted by molar-refractivity contribution is -0.130. The maximum Gasteiger partial charge on any atom is 0.222 e. The van der Waals surface area contributed by atoms with E-state index in [2.05, 4.69) is 5.32 Å². The van der Waals surface area contributed by atoms with Crippen molar-refractivity contribution in [3.05, 3.63) is 0 Å². The molecule has 0 saturated carbocycles. The molecule has 14 heavy (non-hydrogen) atoms. The smallest absolute Gasteiger partial charge is 0.222 e. The van der Waals surface area contributed by atoms with Crippen LogP contribution in [0.5, 0.6) is 0 Å². The summed E-state index contributed by atoms with van der Waals surface area (Å²) < 4.78 is 0. The lowest BCUT2D eigenvalue weighted by atomic mass is 10.0. The van der Waals surface area contributed by atoms with E-state index in [1.165, 1.54) is 0 Å². The topological polar surface area (TPSA) is 56.1 Å². The zero-order chi connectivity index (χ0) is 10.4. The third-order valence-corrected chi connectivity index (χ3v) is 2.61. The fourth-order valence-electron chi connectivity index (χ4n) is 1.63. The van der Waals surface area contributed by atoms with Crippen LogP contribution < -0.4 is 5.32 Å². The molecule has 0 bridgehead atoms. The number of hydrogen-bond donors (Lipinski definition) is 1. The number of nitriles is 1. The van der Waals surface area contributed by atoms with Crippen molar-refractivity contribution in [3.8, 4) is 6.07 Å². The Hall–Kier alpha value is -1.08. The molecule has 78 valence electrons. The molecule has 0 aromatic heterocycles. The highest BCUT2D eigenvalue weighted by molar-refractivity contribution is 5.76. The molecule has 1 saturated heterocycles. The van der Waals surface area contributed by atoms with Crippen LogP contribution in [-0.2, 0) is 4.79 Å². The zero-order valence-corrected chi connectivity index (χ0v) is 8.62. The molecule has 1 heterocycles. The average molecular weight is 195 g/mol. The van der Waals surface area contributed by atoms with Crippen LogP contribution in [0.2, 0.25) is 0 Å². The Morgan fingerprint density at radius 1 is 1.71 bits per heavy atom. The molecule has 0 aliphatic carbocycles. The SMILES string of the molecule is CN(CCC#N)C(=O)CC1CCNC1. The minimum absolute atomic E-state index is 0.161. The Labute approximate surface area is 84.9 Å². The molecule has 1 atom stereocenters. The highest BCUT2D eigenvalue weighted by Crippen LogP contribution is 2.13. The molecule has 0 radical (unpaired) electrons. The fourth-order valence-corrected chi connectivity index (χ4v) is 1.63. The average Bonchev–Trinajstić information content (AvgIpc) is 2.66. The van der Waals surface area contributed by atoms with Gasteiger partial charge in [-0.1, -0.05) is 0 Å². The molecular weight excluding hydrogens is 178 g/mol. The summed E-state index contributed by atoms with van der Waals surface area (Å²) in [5.41, 5.74) is 0. The van der Waals surface area contributed by atoms with Crippen LogP contribution in [0.4, 0.5) is 0 Å². The summed E-state index contributed by atoms with van der Waals surface area (Å²) in [5, 5.41) is 11.6. The first-order valence-corrected chi connectivity index (χ1v) is 5.05. The van der Waals surface area contributed by atoms with Crippen LogP contribution in [0.15, 0.2) is 0 Å². The molecule has 1 aliphatic heterocycles. The molecular formula is C10H17N3O. The molecule has 4 nitrogen and oxygen atoms in total. The maximum atomic E-state index is 11.6. The van der Waals surface area contributed by atoms with Crippen LogP contribution >= 0.6 is 0 Å². The number of nitrogens with one attached hydrogen (secondary N) is 1.